The molecule has 2 nitrogen and oxygen atoms in total. The third kappa shape index (κ3) is 3.14. The van der Waals surface area contributed by atoms with Crippen molar-refractivity contribution in [1.29, 1.82) is 0 Å². The fraction of sp³-hybridized carbons (Fsp3) is 0.235. The van der Waals surface area contributed by atoms with E-state index in [0.29, 0.717) is 6.61 Å². The van der Waals surface area contributed by atoms with Crippen molar-refractivity contribution in [3.8, 4) is 11.8 Å². The van der Waals surface area contributed by atoms with E-state index in [0.717, 1.165) is 21.9 Å². The van der Waals surface area contributed by atoms with Gasteiger partial charge in [-0.3, -0.25) is 4.79 Å². The van der Waals surface area contributed by atoms with Gasteiger partial charge in [0.2, 0.25) is 0 Å². The summed E-state index contributed by atoms with van der Waals surface area (Å²) in [6.45, 7) is 4.22. The van der Waals surface area contributed by atoms with Crippen molar-refractivity contribution < 1.29 is 9.53 Å². The molecule has 0 saturated heterocycles. The first kappa shape index (κ1) is 13.2. The largest absolute Gasteiger partial charge is 0.465 e. The molecule has 0 radical (unpaired) electrons. The molecule has 0 bridgehead atoms. The van der Waals surface area contributed by atoms with Crippen LogP contribution in [0.25, 0.3) is 10.8 Å². The molecule has 0 spiro atoms. The number of fused-ring (bicyclic) bond motifs is 1. The second-order valence-corrected chi connectivity index (χ2v) is 4.26. The number of aryl methyl sites for hydroxylation is 1. The molecule has 0 atom stereocenters. The Bertz CT molecular complexity index is 660. The average Bonchev–Trinajstić information content (AvgIpc) is 2.41. The highest BCUT2D eigenvalue weighted by Crippen LogP contribution is 2.21. The van der Waals surface area contributed by atoms with Crippen LogP contribution in [0.15, 0.2) is 36.4 Å². The van der Waals surface area contributed by atoms with E-state index in [2.05, 4.69) is 36.1 Å². The lowest BCUT2D eigenvalue weighted by molar-refractivity contribution is -0.141. The smallest absolute Gasteiger partial charge is 0.317 e. The van der Waals surface area contributed by atoms with E-state index in [4.69, 9.17) is 4.74 Å². The lowest BCUT2D eigenvalue weighted by atomic mass is 10.00. The van der Waals surface area contributed by atoms with Crippen LogP contribution in [0.5, 0.6) is 0 Å². The van der Waals surface area contributed by atoms with E-state index in [-0.39, 0.29) is 12.4 Å². The molecule has 96 valence electrons. The van der Waals surface area contributed by atoms with Gasteiger partial charge >= 0.3 is 5.97 Å². The van der Waals surface area contributed by atoms with E-state index >= 15 is 0 Å². The summed E-state index contributed by atoms with van der Waals surface area (Å²) in [5.74, 6) is 5.72. The lowest BCUT2D eigenvalue weighted by Crippen LogP contribution is -2.01. The summed E-state index contributed by atoms with van der Waals surface area (Å²) in [6.07, 6.45) is 0.135. The standard InChI is InChI=1S/C17H16O2/c1-3-19-17(18)10-6-9-15-13(2)11-12-14-7-4-5-8-16(14)15/h4-5,7-8,11-12H,3,10H2,1-2H3. The van der Waals surface area contributed by atoms with E-state index < -0.39 is 0 Å². The maximum Gasteiger partial charge on any atom is 0.317 e. The van der Waals surface area contributed by atoms with Crippen LogP contribution in [0.2, 0.25) is 0 Å². The predicted octanol–water partition coefficient (Wildman–Crippen LogP) is 3.45. The van der Waals surface area contributed by atoms with Crippen LogP contribution in [-0.2, 0) is 9.53 Å². The number of hydrogen-bond donors (Lipinski definition) is 0. The third-order valence-corrected chi connectivity index (χ3v) is 2.89. The zero-order chi connectivity index (χ0) is 13.7. The zero-order valence-corrected chi connectivity index (χ0v) is 11.2. The van der Waals surface area contributed by atoms with Gasteiger partial charge in [-0.25, -0.2) is 0 Å². The van der Waals surface area contributed by atoms with Gasteiger partial charge in [0.1, 0.15) is 6.42 Å². The predicted molar refractivity (Wildman–Crippen MR) is 76.8 cm³/mol. The molecule has 0 aliphatic heterocycles. The minimum atomic E-state index is -0.270. The maximum absolute atomic E-state index is 11.3. The lowest BCUT2D eigenvalue weighted by Gasteiger charge is -2.04. The number of carbonyl (C=O) groups is 1. The Labute approximate surface area is 113 Å². The minimum absolute atomic E-state index is 0.135. The van der Waals surface area contributed by atoms with Gasteiger partial charge in [0, 0.05) is 5.56 Å². The van der Waals surface area contributed by atoms with Gasteiger partial charge in [0.25, 0.3) is 0 Å². The van der Waals surface area contributed by atoms with Crippen LogP contribution in [0.1, 0.15) is 24.5 Å². The summed E-state index contributed by atoms with van der Waals surface area (Å²) >= 11 is 0. The van der Waals surface area contributed by atoms with E-state index in [9.17, 15) is 4.79 Å². The molecule has 2 aromatic carbocycles. The summed E-state index contributed by atoms with van der Waals surface area (Å²) in [4.78, 5) is 11.3. The Balaban J connectivity index is 2.32. The fourth-order valence-corrected chi connectivity index (χ4v) is 1.96. The molecule has 0 fully saturated rings. The quantitative estimate of drug-likeness (QED) is 0.604. The van der Waals surface area contributed by atoms with Crippen LogP contribution in [0.3, 0.4) is 0 Å². The highest BCUT2D eigenvalue weighted by atomic mass is 16.5. The molecule has 19 heavy (non-hydrogen) atoms. The van der Waals surface area contributed by atoms with Gasteiger partial charge in [-0.2, -0.15) is 0 Å². The number of ether oxygens (including phenoxy) is 1. The van der Waals surface area contributed by atoms with Crippen molar-refractivity contribution in [2.24, 2.45) is 0 Å². The van der Waals surface area contributed by atoms with Crippen LogP contribution in [-0.4, -0.2) is 12.6 Å². The monoisotopic (exact) mass is 252 g/mol. The zero-order valence-electron chi connectivity index (χ0n) is 11.2. The molecule has 2 aromatic rings. The van der Waals surface area contributed by atoms with Gasteiger partial charge < -0.3 is 4.74 Å². The van der Waals surface area contributed by atoms with E-state index in [1.807, 2.05) is 19.1 Å². The normalized spacial score (nSPS) is 9.79. The molecule has 0 saturated carbocycles. The number of rotatable bonds is 2. The summed E-state index contributed by atoms with van der Waals surface area (Å²) in [5, 5.41) is 2.28. The first-order valence-electron chi connectivity index (χ1n) is 6.35. The van der Waals surface area contributed by atoms with Gasteiger partial charge in [-0.15, -0.1) is 0 Å². The summed E-state index contributed by atoms with van der Waals surface area (Å²) in [7, 11) is 0. The minimum Gasteiger partial charge on any atom is -0.465 e. The molecule has 0 unspecified atom stereocenters. The topological polar surface area (TPSA) is 26.3 Å². The Morgan fingerprint density at radius 3 is 2.79 bits per heavy atom. The molecule has 0 N–H and O–H groups in total. The van der Waals surface area contributed by atoms with Gasteiger partial charge in [-0.1, -0.05) is 48.2 Å². The fourth-order valence-electron chi connectivity index (χ4n) is 1.96. The molecule has 0 amide bonds. The van der Waals surface area contributed by atoms with Gasteiger partial charge in [0.15, 0.2) is 0 Å². The molecule has 0 aromatic heterocycles. The molecule has 0 aliphatic rings. The van der Waals surface area contributed by atoms with Gasteiger partial charge in [-0.05, 0) is 30.2 Å². The van der Waals surface area contributed by atoms with Crippen molar-refractivity contribution in [3.63, 3.8) is 0 Å². The van der Waals surface area contributed by atoms with Crippen molar-refractivity contribution in [2.75, 3.05) is 6.61 Å². The second-order valence-electron chi connectivity index (χ2n) is 4.26. The molecule has 0 aliphatic carbocycles. The number of hydrogen-bond acceptors (Lipinski definition) is 2. The van der Waals surface area contributed by atoms with Gasteiger partial charge in [0.05, 0.1) is 6.61 Å². The maximum atomic E-state index is 11.3. The Morgan fingerprint density at radius 2 is 2.00 bits per heavy atom. The van der Waals surface area contributed by atoms with E-state index in [1.54, 1.807) is 6.92 Å². The van der Waals surface area contributed by atoms with Crippen LogP contribution in [0, 0.1) is 18.8 Å². The number of esters is 1. The van der Waals surface area contributed by atoms with Crippen molar-refractivity contribution in [1.82, 2.24) is 0 Å². The highest BCUT2D eigenvalue weighted by molar-refractivity contribution is 5.89. The Morgan fingerprint density at radius 1 is 1.21 bits per heavy atom. The number of carbonyl (C=O) groups excluding carboxylic acids is 1. The third-order valence-electron chi connectivity index (χ3n) is 2.89. The van der Waals surface area contributed by atoms with Crippen LogP contribution in [0.4, 0.5) is 0 Å². The summed E-state index contributed by atoms with van der Waals surface area (Å²) in [6, 6.07) is 12.3. The number of benzene rings is 2. The van der Waals surface area contributed by atoms with Crippen LogP contribution >= 0.6 is 0 Å². The van der Waals surface area contributed by atoms with E-state index in [1.165, 1.54) is 0 Å². The Kier molecular flexibility index (Phi) is 4.20. The molecule has 2 heteroatoms. The molecule has 2 rings (SSSR count). The highest BCUT2D eigenvalue weighted by Gasteiger charge is 2.02. The molecular weight excluding hydrogens is 236 g/mol. The first-order chi connectivity index (χ1) is 9.22. The van der Waals surface area contributed by atoms with Crippen molar-refractivity contribution in [3.05, 3.63) is 47.5 Å². The average molecular weight is 252 g/mol. The van der Waals surface area contributed by atoms with Crippen molar-refractivity contribution >= 4 is 16.7 Å². The van der Waals surface area contributed by atoms with Crippen molar-refractivity contribution in [2.45, 2.75) is 20.3 Å². The molecular formula is C17H16O2. The summed E-state index contributed by atoms with van der Waals surface area (Å²) in [5.41, 5.74) is 2.11. The molecule has 0 heterocycles. The second kappa shape index (κ2) is 6.06. The summed E-state index contributed by atoms with van der Waals surface area (Å²) < 4.78 is 4.86. The SMILES string of the molecule is CCOC(=O)CC#Cc1c(C)ccc2ccccc12. The van der Waals surface area contributed by atoms with Crippen LogP contribution < -0.4 is 0 Å². The Hall–Kier alpha value is -2.27. The first-order valence-corrected chi connectivity index (χ1v) is 6.35.